The molecule has 2 aliphatic heterocycles. The molecule has 0 aliphatic carbocycles. The van der Waals surface area contributed by atoms with Gasteiger partial charge in [0.1, 0.15) is 0 Å². The molecule has 2 aliphatic rings. The molecule has 0 saturated carbocycles. The Morgan fingerprint density at radius 3 is 3.00 bits per heavy atom. The second kappa shape index (κ2) is 5.47. The van der Waals surface area contributed by atoms with E-state index in [9.17, 15) is 0 Å². The summed E-state index contributed by atoms with van der Waals surface area (Å²) in [6.45, 7) is 2.28. The Bertz CT molecular complexity index is 156. The van der Waals surface area contributed by atoms with Gasteiger partial charge in [-0.25, -0.2) is 0 Å². The Balaban J connectivity index is 1.66. The van der Waals surface area contributed by atoms with E-state index in [0.717, 1.165) is 15.1 Å². The van der Waals surface area contributed by atoms with Crippen LogP contribution in [0, 0.1) is 0 Å². The highest BCUT2D eigenvalue weighted by Gasteiger charge is 2.44. The summed E-state index contributed by atoms with van der Waals surface area (Å²) in [5.74, 6) is 5.53. The van der Waals surface area contributed by atoms with Gasteiger partial charge in [0, 0.05) is 27.8 Å². The van der Waals surface area contributed by atoms with Crippen molar-refractivity contribution in [2.75, 3.05) is 23.0 Å². The van der Waals surface area contributed by atoms with Gasteiger partial charge in [0.25, 0.3) is 0 Å². The molecule has 3 atom stereocenters. The normalized spacial score (nSPS) is 39.0. The van der Waals surface area contributed by atoms with Gasteiger partial charge in [-0.1, -0.05) is 6.92 Å². The van der Waals surface area contributed by atoms with E-state index in [1.54, 1.807) is 0 Å². The van der Waals surface area contributed by atoms with E-state index < -0.39 is 0 Å². The fraction of sp³-hybridized carbons (Fsp3) is 1.00. The topological polar surface area (TPSA) is 0 Å². The van der Waals surface area contributed by atoms with E-state index in [0.29, 0.717) is 0 Å². The average Bonchev–Trinajstić information content (AvgIpc) is 2.95. The van der Waals surface area contributed by atoms with Crippen molar-refractivity contribution >= 4 is 47.0 Å². The minimum atomic E-state index is 0.955. The minimum Gasteiger partial charge on any atom is -0.160 e. The summed E-state index contributed by atoms with van der Waals surface area (Å²) in [5.41, 5.74) is 0. The first-order valence-corrected chi connectivity index (χ1v) is 9.07. The first-order chi connectivity index (χ1) is 6.42. The Morgan fingerprint density at radius 1 is 1.38 bits per heavy atom. The maximum Gasteiger partial charge on any atom is 0.0636 e. The van der Waals surface area contributed by atoms with Crippen molar-refractivity contribution in [2.45, 2.75) is 28.4 Å². The van der Waals surface area contributed by atoms with E-state index in [1.807, 2.05) is 0 Å². The molecule has 0 spiro atoms. The van der Waals surface area contributed by atoms with Crippen LogP contribution < -0.4 is 0 Å². The molecular formula is C9H16S4. The highest BCUT2D eigenvalue weighted by Crippen LogP contribution is 2.54. The Labute approximate surface area is 98.1 Å². The van der Waals surface area contributed by atoms with Gasteiger partial charge >= 0.3 is 0 Å². The second-order valence-corrected chi connectivity index (χ2v) is 8.69. The van der Waals surface area contributed by atoms with E-state index in [2.05, 4.69) is 54.0 Å². The molecule has 2 fully saturated rings. The molecule has 76 valence electrons. The molecule has 2 heterocycles. The molecule has 3 unspecified atom stereocenters. The van der Waals surface area contributed by atoms with Crippen molar-refractivity contribution in [3.63, 3.8) is 0 Å². The molecule has 0 aromatic carbocycles. The van der Waals surface area contributed by atoms with Crippen molar-refractivity contribution in [1.82, 2.24) is 0 Å². The van der Waals surface area contributed by atoms with Gasteiger partial charge in [0.15, 0.2) is 0 Å². The minimum absolute atomic E-state index is 0.955. The number of thioether (sulfide) groups is 4. The predicted molar refractivity (Wildman–Crippen MR) is 71.5 cm³/mol. The fourth-order valence-corrected chi connectivity index (χ4v) is 7.72. The summed E-state index contributed by atoms with van der Waals surface area (Å²) >= 11 is 8.77. The van der Waals surface area contributed by atoms with E-state index >= 15 is 0 Å². The van der Waals surface area contributed by atoms with Crippen LogP contribution in [-0.2, 0) is 0 Å². The van der Waals surface area contributed by atoms with Crippen LogP contribution in [0.25, 0.3) is 0 Å². The van der Waals surface area contributed by atoms with Crippen LogP contribution in [0.15, 0.2) is 0 Å². The Kier molecular flexibility index (Phi) is 4.59. The lowest BCUT2D eigenvalue weighted by molar-refractivity contribution is 0.985. The van der Waals surface area contributed by atoms with Gasteiger partial charge in [-0.2, -0.15) is 23.5 Å². The van der Waals surface area contributed by atoms with Crippen molar-refractivity contribution in [2.24, 2.45) is 0 Å². The van der Waals surface area contributed by atoms with Gasteiger partial charge < -0.3 is 0 Å². The molecule has 13 heavy (non-hydrogen) atoms. The summed E-state index contributed by atoms with van der Waals surface area (Å²) in [4.78, 5) is 0. The lowest BCUT2D eigenvalue weighted by atomic mass is 10.4. The Hall–Kier alpha value is 1.40. The van der Waals surface area contributed by atoms with Crippen molar-refractivity contribution in [1.29, 1.82) is 0 Å². The van der Waals surface area contributed by atoms with Crippen molar-refractivity contribution in [3.8, 4) is 0 Å². The quantitative estimate of drug-likeness (QED) is 0.703. The number of hydrogen-bond donors (Lipinski definition) is 0. The predicted octanol–water partition coefficient (Wildman–Crippen LogP) is 3.42. The SMILES string of the molecule is CCCSC1SC1C1CSCCS1. The zero-order valence-corrected chi connectivity index (χ0v) is 11.2. The first kappa shape index (κ1) is 10.9. The van der Waals surface area contributed by atoms with Gasteiger partial charge in [-0.3, -0.25) is 0 Å². The van der Waals surface area contributed by atoms with Crippen LogP contribution in [0.5, 0.6) is 0 Å². The lowest BCUT2D eigenvalue weighted by Crippen LogP contribution is -2.20. The summed E-state index contributed by atoms with van der Waals surface area (Å²) < 4.78 is 0.955. The van der Waals surface area contributed by atoms with Gasteiger partial charge in [-0.15, -0.1) is 23.5 Å². The summed E-state index contributed by atoms with van der Waals surface area (Å²) in [7, 11) is 0. The molecule has 0 nitrogen and oxygen atoms in total. The van der Waals surface area contributed by atoms with E-state index in [4.69, 9.17) is 0 Å². The maximum atomic E-state index is 2.28. The smallest absolute Gasteiger partial charge is 0.0636 e. The molecule has 0 radical (unpaired) electrons. The highest BCUT2D eigenvalue weighted by atomic mass is 32.2. The zero-order chi connectivity index (χ0) is 9.10. The second-order valence-electron chi connectivity index (χ2n) is 3.32. The molecule has 0 aromatic heterocycles. The van der Waals surface area contributed by atoms with Crippen LogP contribution in [0.1, 0.15) is 13.3 Å². The zero-order valence-electron chi connectivity index (χ0n) is 7.90. The molecular weight excluding hydrogens is 236 g/mol. The van der Waals surface area contributed by atoms with Gasteiger partial charge in [0.2, 0.25) is 0 Å². The standard InChI is InChI=1S/C9H16S4/c1-2-3-12-9-8(13-9)7-6-10-4-5-11-7/h7-9H,2-6H2,1H3. The molecule has 0 N–H and O–H groups in total. The largest absolute Gasteiger partial charge is 0.160 e. The third-order valence-corrected chi connectivity index (χ3v) is 8.58. The lowest BCUT2D eigenvalue weighted by Gasteiger charge is -2.19. The van der Waals surface area contributed by atoms with Crippen molar-refractivity contribution < 1.29 is 0 Å². The van der Waals surface area contributed by atoms with Crippen LogP contribution in [0.2, 0.25) is 0 Å². The van der Waals surface area contributed by atoms with E-state index in [-0.39, 0.29) is 0 Å². The maximum absolute atomic E-state index is 2.28. The Morgan fingerprint density at radius 2 is 2.31 bits per heavy atom. The van der Waals surface area contributed by atoms with Gasteiger partial charge in [-0.05, 0) is 12.2 Å². The first-order valence-electron chi connectivity index (χ1n) is 4.88. The van der Waals surface area contributed by atoms with Crippen LogP contribution >= 0.6 is 47.0 Å². The molecule has 2 saturated heterocycles. The number of hydrogen-bond acceptors (Lipinski definition) is 4. The monoisotopic (exact) mass is 252 g/mol. The van der Waals surface area contributed by atoms with Crippen LogP contribution in [0.4, 0.5) is 0 Å². The number of rotatable bonds is 4. The van der Waals surface area contributed by atoms with Crippen LogP contribution in [-0.4, -0.2) is 38.1 Å². The molecule has 0 aromatic rings. The third-order valence-electron chi connectivity index (χ3n) is 2.18. The summed E-state index contributed by atoms with van der Waals surface area (Å²) in [6.07, 6.45) is 1.33. The van der Waals surface area contributed by atoms with Crippen LogP contribution in [0.3, 0.4) is 0 Å². The molecule has 0 bridgehead atoms. The fourth-order valence-electron chi connectivity index (χ4n) is 1.44. The summed E-state index contributed by atoms with van der Waals surface area (Å²) in [6, 6.07) is 0. The highest BCUT2D eigenvalue weighted by molar-refractivity contribution is 8.24. The third kappa shape index (κ3) is 3.18. The van der Waals surface area contributed by atoms with E-state index in [1.165, 1.54) is 29.4 Å². The van der Waals surface area contributed by atoms with Crippen molar-refractivity contribution in [3.05, 3.63) is 0 Å². The van der Waals surface area contributed by atoms with Gasteiger partial charge in [0.05, 0.1) is 4.58 Å². The molecule has 4 heteroatoms. The average molecular weight is 252 g/mol. The molecule has 0 amide bonds. The summed E-state index contributed by atoms with van der Waals surface area (Å²) in [5, 5.41) is 1.97. The molecule has 2 rings (SSSR count).